The number of unbranched alkanes of at least 4 members (excludes halogenated alkanes) is 22. The van der Waals surface area contributed by atoms with Gasteiger partial charge in [-0.3, -0.25) is 18.6 Å². The number of rotatable bonds is 52. The third kappa shape index (κ3) is 53.6. The fourth-order valence-electron chi connectivity index (χ4n) is 7.96. The molecule has 1 amide bonds. The summed E-state index contributed by atoms with van der Waals surface area (Å²) in [4.78, 5) is 37.6. The average Bonchev–Trinajstić information content (AvgIpc) is 3.35. The minimum Gasteiger partial charge on any atom is -0.456 e. The highest BCUT2D eigenvalue weighted by molar-refractivity contribution is 7.47. The Hall–Kier alpha value is -3.07. The number of phosphoric ester groups is 1. The summed E-state index contributed by atoms with van der Waals surface area (Å²) in [6, 6.07) is -0.891. The summed E-state index contributed by atoms with van der Waals surface area (Å²) in [6.07, 6.45) is 69.9. The van der Waals surface area contributed by atoms with E-state index in [0.29, 0.717) is 23.9 Å². The fourth-order valence-corrected chi connectivity index (χ4v) is 8.69. The number of quaternary nitrogens is 1. The minimum absolute atomic E-state index is 0.0233. The third-order valence-electron chi connectivity index (χ3n) is 12.5. The molecule has 3 unspecified atom stereocenters. The van der Waals surface area contributed by atoms with E-state index in [1.165, 1.54) is 96.3 Å². The van der Waals surface area contributed by atoms with Crippen LogP contribution in [0, 0.1) is 0 Å². The SMILES string of the molecule is CC/C=C\C/C=C\C/C=C\C/C=C\C/C=C\CCCCCCCC(=O)OC(/C=C\CCCCCCCCCCCCC)C(COP(=O)(O)OCC[N+](C)(C)C)NC(=O)CC/C=C/C/C=C\CCCCCCCC. The van der Waals surface area contributed by atoms with E-state index in [2.05, 4.69) is 105 Å². The number of hydrogen-bond acceptors (Lipinski definition) is 6. The van der Waals surface area contributed by atoms with Crippen molar-refractivity contribution in [2.75, 3.05) is 40.9 Å². The van der Waals surface area contributed by atoms with Crippen molar-refractivity contribution in [3.05, 3.63) is 97.2 Å². The van der Waals surface area contributed by atoms with Crippen LogP contribution in [-0.2, 0) is 27.9 Å². The Morgan fingerprint density at radius 3 is 1.34 bits per heavy atom. The normalized spacial score (nSPS) is 14.5. The van der Waals surface area contributed by atoms with Crippen LogP contribution in [0.5, 0.6) is 0 Å². The number of carbonyl (C=O) groups is 2. The Morgan fingerprint density at radius 2 is 0.890 bits per heavy atom. The largest absolute Gasteiger partial charge is 0.472 e. The molecule has 0 aliphatic heterocycles. The lowest BCUT2D eigenvalue weighted by Crippen LogP contribution is -2.47. The van der Waals surface area contributed by atoms with Crippen molar-refractivity contribution in [1.29, 1.82) is 0 Å². The van der Waals surface area contributed by atoms with Gasteiger partial charge >= 0.3 is 13.8 Å². The van der Waals surface area contributed by atoms with Gasteiger partial charge in [0.15, 0.2) is 0 Å². The number of nitrogens with zero attached hydrogens (tertiary/aromatic N) is 1. The highest BCUT2D eigenvalue weighted by atomic mass is 31.2. The molecule has 2 N–H and O–H groups in total. The smallest absolute Gasteiger partial charge is 0.456 e. The van der Waals surface area contributed by atoms with E-state index in [0.717, 1.165) is 96.3 Å². The van der Waals surface area contributed by atoms with Gasteiger partial charge in [0.25, 0.3) is 0 Å². The molecule has 0 spiro atoms. The van der Waals surface area contributed by atoms with Gasteiger partial charge in [0.2, 0.25) is 5.91 Å². The molecule has 0 saturated heterocycles. The van der Waals surface area contributed by atoms with Gasteiger partial charge in [0.1, 0.15) is 19.3 Å². The third-order valence-corrected chi connectivity index (χ3v) is 13.5. The van der Waals surface area contributed by atoms with Crippen LogP contribution < -0.4 is 5.32 Å². The van der Waals surface area contributed by atoms with Gasteiger partial charge in [0, 0.05) is 12.8 Å². The molecule has 0 bridgehead atoms. The first-order valence-electron chi connectivity index (χ1n) is 29.6. The summed E-state index contributed by atoms with van der Waals surface area (Å²) in [5.74, 6) is -0.610. The summed E-state index contributed by atoms with van der Waals surface area (Å²) in [5.41, 5.74) is 0. The lowest BCUT2D eigenvalue weighted by molar-refractivity contribution is -0.870. The average molecular weight is 1040 g/mol. The van der Waals surface area contributed by atoms with Crippen molar-refractivity contribution in [3.8, 4) is 0 Å². The van der Waals surface area contributed by atoms with Gasteiger partial charge < -0.3 is 19.4 Å². The van der Waals surface area contributed by atoms with Gasteiger partial charge in [-0.05, 0) is 96.0 Å². The number of esters is 1. The van der Waals surface area contributed by atoms with Crippen LogP contribution in [0.4, 0.5) is 0 Å². The van der Waals surface area contributed by atoms with Crippen molar-refractivity contribution in [1.82, 2.24) is 5.32 Å². The van der Waals surface area contributed by atoms with E-state index in [9.17, 15) is 19.0 Å². The van der Waals surface area contributed by atoms with Crippen LogP contribution in [0.1, 0.15) is 239 Å². The fraction of sp³-hybridized carbons (Fsp3) is 0.714. The van der Waals surface area contributed by atoms with Crippen molar-refractivity contribution in [2.45, 2.75) is 251 Å². The molecule has 3 atom stereocenters. The quantitative estimate of drug-likeness (QED) is 0.0205. The van der Waals surface area contributed by atoms with E-state index < -0.39 is 20.0 Å². The molecule has 0 rings (SSSR count). The number of phosphoric acid groups is 1. The number of hydrogen-bond donors (Lipinski definition) is 2. The zero-order chi connectivity index (χ0) is 53.6. The molecule has 0 fully saturated rings. The van der Waals surface area contributed by atoms with Crippen LogP contribution >= 0.6 is 7.82 Å². The molecular formula is C63H112N2O7P+. The van der Waals surface area contributed by atoms with Crippen LogP contribution in [0.15, 0.2) is 97.2 Å². The van der Waals surface area contributed by atoms with E-state index in [-0.39, 0.29) is 37.9 Å². The number of allylic oxidation sites excluding steroid dienone is 15. The first-order chi connectivity index (χ1) is 35.4. The molecule has 9 nitrogen and oxygen atoms in total. The summed E-state index contributed by atoms with van der Waals surface area (Å²) in [6.45, 7) is 6.82. The summed E-state index contributed by atoms with van der Waals surface area (Å²) in [5, 5.41) is 3.00. The van der Waals surface area contributed by atoms with Gasteiger partial charge in [-0.15, -0.1) is 0 Å². The summed E-state index contributed by atoms with van der Waals surface area (Å²) in [7, 11) is 1.44. The zero-order valence-corrected chi connectivity index (χ0v) is 48.7. The Bertz CT molecular complexity index is 1570. The standard InChI is InChI=1S/C63H111N2O7P/c1-7-10-13-16-19-22-25-28-29-30-31-32-33-34-35-38-41-44-47-50-53-56-63(67)72-61(54-51-48-45-42-39-36-26-23-20-17-14-11-8-2)60(59-71-73(68,69)70-58-57-65(4,5)6)64-62(66)55-52-49-46-43-40-37-27-24-21-18-15-12-9-3/h10,13,19,22,28-29,31-32,34-35,37,40,46,49,51,54,60-61H,7-9,11-12,14-18,20-21,23-27,30,33,36,38-39,41-45,47-48,50,52-53,55-59H2,1-6H3,(H-,64,66,68,69)/p+1/b13-10-,22-19-,29-28-,32-31-,35-34-,40-37-,49-46+,54-51-. The second-order valence-corrected chi connectivity index (χ2v) is 22.2. The van der Waals surface area contributed by atoms with Crippen LogP contribution in [0.25, 0.3) is 0 Å². The summed E-state index contributed by atoms with van der Waals surface area (Å²) >= 11 is 0. The molecule has 0 aliphatic rings. The van der Waals surface area contributed by atoms with E-state index >= 15 is 0 Å². The van der Waals surface area contributed by atoms with Gasteiger partial charge in [-0.25, -0.2) is 4.57 Å². The van der Waals surface area contributed by atoms with Gasteiger partial charge in [-0.2, -0.15) is 0 Å². The highest BCUT2D eigenvalue weighted by Gasteiger charge is 2.30. The molecule has 0 aromatic carbocycles. The molecule has 0 radical (unpaired) electrons. The number of amides is 1. The van der Waals surface area contributed by atoms with Crippen molar-refractivity contribution in [2.24, 2.45) is 0 Å². The minimum atomic E-state index is -4.47. The first-order valence-corrected chi connectivity index (χ1v) is 31.1. The Labute approximate surface area is 449 Å². The maximum Gasteiger partial charge on any atom is 0.472 e. The highest BCUT2D eigenvalue weighted by Crippen LogP contribution is 2.43. The number of carbonyl (C=O) groups excluding carboxylic acids is 2. The van der Waals surface area contributed by atoms with E-state index in [4.69, 9.17) is 13.8 Å². The lowest BCUT2D eigenvalue weighted by Gasteiger charge is -2.27. The maximum atomic E-state index is 13.5. The predicted molar refractivity (Wildman–Crippen MR) is 314 cm³/mol. The van der Waals surface area contributed by atoms with Crippen LogP contribution in [-0.4, -0.2) is 74.3 Å². The molecule has 420 valence electrons. The molecular weight excluding hydrogens is 928 g/mol. The zero-order valence-electron chi connectivity index (χ0n) is 47.8. The Balaban J connectivity index is 5.41. The van der Waals surface area contributed by atoms with Gasteiger partial charge in [0.05, 0.1) is 33.8 Å². The number of nitrogens with one attached hydrogen (secondary N) is 1. The molecule has 0 saturated carbocycles. The van der Waals surface area contributed by atoms with Gasteiger partial charge in [-0.1, -0.05) is 227 Å². The summed E-state index contributed by atoms with van der Waals surface area (Å²) < 4.78 is 30.6. The molecule has 0 aromatic heterocycles. The van der Waals surface area contributed by atoms with Crippen LogP contribution in [0.2, 0.25) is 0 Å². The first kappa shape index (κ1) is 69.9. The second-order valence-electron chi connectivity index (χ2n) is 20.8. The predicted octanol–water partition coefficient (Wildman–Crippen LogP) is 18.0. The van der Waals surface area contributed by atoms with Crippen LogP contribution in [0.3, 0.4) is 0 Å². The topological polar surface area (TPSA) is 111 Å². The monoisotopic (exact) mass is 1040 g/mol. The number of likely N-dealkylation sites (N-methyl/N-ethyl adjacent to an activating group) is 1. The molecule has 0 heterocycles. The number of ether oxygens (including phenoxy) is 1. The molecule has 10 heteroatoms. The van der Waals surface area contributed by atoms with Crippen molar-refractivity contribution in [3.63, 3.8) is 0 Å². The maximum absolute atomic E-state index is 13.5. The van der Waals surface area contributed by atoms with E-state index in [1.807, 2.05) is 39.4 Å². The Morgan fingerprint density at radius 1 is 0.493 bits per heavy atom. The molecule has 0 aromatic rings. The van der Waals surface area contributed by atoms with Crippen molar-refractivity contribution < 1.29 is 37.3 Å². The Kier molecular flexibility index (Phi) is 50.2. The lowest BCUT2D eigenvalue weighted by atomic mass is 10.0. The molecule has 0 aliphatic carbocycles. The van der Waals surface area contributed by atoms with E-state index in [1.54, 1.807) is 0 Å². The second kappa shape index (κ2) is 52.4. The van der Waals surface area contributed by atoms with Crippen molar-refractivity contribution >= 4 is 19.7 Å². The molecule has 73 heavy (non-hydrogen) atoms.